The Balaban J connectivity index is 1.70. The lowest BCUT2D eigenvalue weighted by Crippen LogP contribution is -2.05. The van der Waals surface area contributed by atoms with Gasteiger partial charge in [-0.25, -0.2) is 9.97 Å². The van der Waals surface area contributed by atoms with Gasteiger partial charge in [0.1, 0.15) is 18.0 Å². The molecule has 0 aliphatic rings. The molecule has 5 nitrogen and oxygen atoms in total. The van der Waals surface area contributed by atoms with E-state index < -0.39 is 0 Å². The van der Waals surface area contributed by atoms with Crippen molar-refractivity contribution in [2.24, 2.45) is 0 Å². The molecule has 0 unspecified atom stereocenters. The molecule has 2 aromatic rings. The van der Waals surface area contributed by atoms with Crippen molar-refractivity contribution in [3.63, 3.8) is 0 Å². The number of nitrogens with one attached hydrogen (secondary N) is 2. The van der Waals surface area contributed by atoms with Crippen LogP contribution in [0.1, 0.15) is 17.8 Å². The molecule has 0 spiro atoms. The molecule has 16 heavy (non-hydrogen) atoms. The average Bonchev–Trinajstić information content (AvgIpc) is 2.80. The van der Waals surface area contributed by atoms with Gasteiger partial charge in [-0.15, -0.1) is 0 Å². The molecule has 2 heterocycles. The third-order valence-electron chi connectivity index (χ3n) is 2.27. The van der Waals surface area contributed by atoms with E-state index in [-0.39, 0.29) is 0 Å². The fourth-order valence-electron chi connectivity index (χ4n) is 1.40. The van der Waals surface area contributed by atoms with E-state index in [1.807, 2.05) is 25.3 Å². The summed E-state index contributed by atoms with van der Waals surface area (Å²) in [5.74, 6) is 1.85. The van der Waals surface area contributed by atoms with Crippen LogP contribution >= 0.6 is 0 Å². The number of aryl methyl sites for hydroxylation is 2. The summed E-state index contributed by atoms with van der Waals surface area (Å²) < 4.78 is 0. The van der Waals surface area contributed by atoms with Gasteiger partial charge in [0.25, 0.3) is 0 Å². The predicted octanol–water partition coefficient (Wildman–Crippen LogP) is 1.55. The first-order valence-corrected chi connectivity index (χ1v) is 5.35. The van der Waals surface area contributed by atoms with E-state index in [1.165, 1.54) is 11.9 Å². The van der Waals surface area contributed by atoms with Gasteiger partial charge >= 0.3 is 0 Å². The molecule has 2 N–H and O–H groups in total. The molecule has 0 fully saturated rings. The molecule has 0 radical (unpaired) electrons. The second kappa shape index (κ2) is 5.25. The number of nitrogens with zero attached hydrogens (tertiary/aromatic N) is 3. The number of aromatic amines is 1. The van der Waals surface area contributed by atoms with Crippen LogP contribution in [0.15, 0.2) is 24.7 Å². The number of hydrogen-bond acceptors (Lipinski definition) is 4. The first-order chi connectivity index (χ1) is 7.84. The number of pyridine rings is 1. The highest BCUT2D eigenvalue weighted by molar-refractivity contribution is 5.34. The molecular weight excluding hydrogens is 202 g/mol. The normalized spacial score (nSPS) is 10.3. The lowest BCUT2D eigenvalue weighted by atomic mass is 10.3. The number of hydrogen-bond donors (Lipinski definition) is 2. The van der Waals surface area contributed by atoms with Crippen molar-refractivity contribution < 1.29 is 0 Å². The molecule has 0 saturated heterocycles. The van der Waals surface area contributed by atoms with Crippen molar-refractivity contribution in [1.82, 2.24) is 20.2 Å². The van der Waals surface area contributed by atoms with Crippen LogP contribution in [0.3, 0.4) is 0 Å². The Morgan fingerprint density at radius 3 is 2.94 bits per heavy atom. The molecule has 0 aromatic carbocycles. The van der Waals surface area contributed by atoms with E-state index in [1.54, 1.807) is 0 Å². The van der Waals surface area contributed by atoms with Crippen LogP contribution in [0.2, 0.25) is 0 Å². The summed E-state index contributed by atoms with van der Waals surface area (Å²) in [5.41, 5.74) is 1.17. The van der Waals surface area contributed by atoms with Crippen LogP contribution in [0.4, 0.5) is 5.82 Å². The van der Waals surface area contributed by atoms with Crippen molar-refractivity contribution in [2.75, 3.05) is 11.9 Å². The van der Waals surface area contributed by atoms with Gasteiger partial charge in [-0.1, -0.05) is 6.07 Å². The molecule has 0 bridgehead atoms. The summed E-state index contributed by atoms with van der Waals surface area (Å²) in [4.78, 5) is 8.33. The van der Waals surface area contributed by atoms with Crippen LogP contribution in [0, 0.1) is 6.92 Å². The summed E-state index contributed by atoms with van der Waals surface area (Å²) in [6.07, 6.45) is 5.30. The third kappa shape index (κ3) is 3.05. The molecule has 84 valence electrons. The van der Waals surface area contributed by atoms with Gasteiger partial charge in [0.15, 0.2) is 0 Å². The largest absolute Gasteiger partial charge is 0.370 e. The standard InChI is InChI=1S/C11H15N5/c1-9-4-5-10(13-7-9)12-6-2-3-11-14-8-15-16-11/h4-5,7-8H,2-3,6H2,1H3,(H,12,13)(H,14,15,16). The Morgan fingerprint density at radius 1 is 1.31 bits per heavy atom. The van der Waals surface area contributed by atoms with Gasteiger partial charge in [0.2, 0.25) is 0 Å². The molecule has 0 aliphatic carbocycles. The van der Waals surface area contributed by atoms with Gasteiger partial charge in [-0.05, 0) is 25.0 Å². The van der Waals surface area contributed by atoms with Crippen LogP contribution in [-0.4, -0.2) is 26.7 Å². The van der Waals surface area contributed by atoms with Crippen LogP contribution in [0.25, 0.3) is 0 Å². The Labute approximate surface area is 94.3 Å². The van der Waals surface area contributed by atoms with Gasteiger partial charge in [0, 0.05) is 19.2 Å². The topological polar surface area (TPSA) is 66.5 Å². The Morgan fingerprint density at radius 2 is 2.25 bits per heavy atom. The molecule has 2 rings (SSSR count). The van der Waals surface area contributed by atoms with Crippen LogP contribution in [0.5, 0.6) is 0 Å². The van der Waals surface area contributed by atoms with Crippen molar-refractivity contribution in [2.45, 2.75) is 19.8 Å². The number of H-pyrrole nitrogens is 1. The van der Waals surface area contributed by atoms with Gasteiger partial charge in [-0.3, -0.25) is 5.10 Å². The quantitative estimate of drug-likeness (QED) is 0.746. The Bertz CT molecular complexity index is 406. The first kappa shape index (κ1) is 10.6. The van der Waals surface area contributed by atoms with E-state index in [2.05, 4.69) is 25.5 Å². The minimum atomic E-state index is 0.886. The zero-order valence-corrected chi connectivity index (χ0v) is 9.27. The number of aromatic nitrogens is 4. The van der Waals surface area contributed by atoms with E-state index in [0.717, 1.165) is 31.0 Å². The first-order valence-electron chi connectivity index (χ1n) is 5.35. The maximum atomic E-state index is 4.27. The maximum Gasteiger partial charge on any atom is 0.137 e. The summed E-state index contributed by atoms with van der Waals surface area (Å²) >= 11 is 0. The smallest absolute Gasteiger partial charge is 0.137 e. The Hall–Kier alpha value is -1.91. The fourth-order valence-corrected chi connectivity index (χ4v) is 1.40. The molecular formula is C11H15N5. The van der Waals surface area contributed by atoms with Crippen molar-refractivity contribution in [1.29, 1.82) is 0 Å². The van der Waals surface area contributed by atoms with E-state index >= 15 is 0 Å². The van der Waals surface area contributed by atoms with E-state index in [4.69, 9.17) is 0 Å². The fraction of sp³-hybridized carbons (Fsp3) is 0.364. The lowest BCUT2D eigenvalue weighted by molar-refractivity contribution is 0.803. The monoisotopic (exact) mass is 217 g/mol. The molecule has 0 atom stereocenters. The molecule has 0 saturated carbocycles. The SMILES string of the molecule is Cc1ccc(NCCCc2ncn[nH]2)nc1. The Kier molecular flexibility index (Phi) is 3.48. The predicted molar refractivity (Wildman–Crippen MR) is 62.2 cm³/mol. The summed E-state index contributed by atoms with van der Waals surface area (Å²) in [7, 11) is 0. The number of anilines is 1. The summed E-state index contributed by atoms with van der Waals surface area (Å²) in [5, 5.41) is 9.90. The molecule has 2 aromatic heterocycles. The molecule has 0 aliphatic heterocycles. The molecule has 0 amide bonds. The van der Waals surface area contributed by atoms with Crippen molar-refractivity contribution >= 4 is 5.82 Å². The van der Waals surface area contributed by atoms with E-state index in [9.17, 15) is 0 Å². The van der Waals surface area contributed by atoms with Gasteiger partial charge in [-0.2, -0.15) is 5.10 Å². The average molecular weight is 217 g/mol. The van der Waals surface area contributed by atoms with Crippen molar-refractivity contribution in [3.05, 3.63) is 36.0 Å². The van der Waals surface area contributed by atoms with Crippen LogP contribution < -0.4 is 5.32 Å². The van der Waals surface area contributed by atoms with Gasteiger partial charge in [0.05, 0.1) is 0 Å². The highest BCUT2D eigenvalue weighted by Gasteiger charge is 1.96. The second-order valence-corrected chi connectivity index (χ2v) is 3.68. The minimum Gasteiger partial charge on any atom is -0.370 e. The third-order valence-corrected chi connectivity index (χ3v) is 2.27. The zero-order chi connectivity index (χ0) is 11.2. The van der Waals surface area contributed by atoms with Crippen molar-refractivity contribution in [3.8, 4) is 0 Å². The summed E-state index contributed by atoms with van der Waals surface area (Å²) in [6, 6.07) is 4.04. The zero-order valence-electron chi connectivity index (χ0n) is 9.27. The lowest BCUT2D eigenvalue weighted by Gasteiger charge is -2.04. The van der Waals surface area contributed by atoms with Gasteiger partial charge < -0.3 is 5.32 Å². The summed E-state index contributed by atoms with van der Waals surface area (Å²) in [6.45, 7) is 2.91. The highest BCUT2D eigenvalue weighted by atomic mass is 15.2. The maximum absolute atomic E-state index is 4.27. The second-order valence-electron chi connectivity index (χ2n) is 3.68. The van der Waals surface area contributed by atoms with E-state index in [0.29, 0.717) is 0 Å². The van der Waals surface area contributed by atoms with Crippen LogP contribution in [-0.2, 0) is 6.42 Å². The molecule has 5 heteroatoms. The minimum absolute atomic E-state index is 0.886. The number of rotatable bonds is 5. The highest BCUT2D eigenvalue weighted by Crippen LogP contribution is 2.04.